The topological polar surface area (TPSA) is 12.9 Å². The lowest BCUT2D eigenvalue weighted by atomic mass is 10.00. The Morgan fingerprint density at radius 2 is 1.94 bits per heavy atom. The predicted molar refractivity (Wildman–Crippen MR) is 79.2 cm³/mol. The molecule has 0 spiro atoms. The van der Waals surface area contributed by atoms with E-state index >= 15 is 0 Å². The van der Waals surface area contributed by atoms with Crippen molar-refractivity contribution in [3.05, 3.63) is 42.1 Å². The van der Waals surface area contributed by atoms with Crippen LogP contribution in [0.1, 0.15) is 32.4 Å². The maximum atomic E-state index is 6.40. The third kappa shape index (κ3) is 3.46. The molecule has 2 atom stereocenters. The molecule has 2 heteroatoms. The average Bonchev–Trinajstić information content (AvgIpc) is 2.38. The molecule has 1 nitrogen and oxygen atoms in total. The van der Waals surface area contributed by atoms with Crippen molar-refractivity contribution in [2.75, 3.05) is 0 Å². The first-order chi connectivity index (χ1) is 8.69. The van der Waals surface area contributed by atoms with Crippen LogP contribution < -0.4 is 0 Å². The number of rotatable bonds is 5. The van der Waals surface area contributed by atoms with E-state index < -0.39 is 0 Å². The van der Waals surface area contributed by atoms with Crippen molar-refractivity contribution >= 4 is 22.5 Å². The molecule has 0 aliphatic heterocycles. The lowest BCUT2D eigenvalue weighted by Crippen LogP contribution is -2.09. The minimum atomic E-state index is 0.189. The number of benzene rings is 1. The Kier molecular flexibility index (Phi) is 4.60. The van der Waals surface area contributed by atoms with Gasteiger partial charge in [0.25, 0.3) is 0 Å². The fourth-order valence-corrected chi connectivity index (χ4v) is 2.60. The highest BCUT2D eigenvalue weighted by Gasteiger charge is 2.11. The highest BCUT2D eigenvalue weighted by Crippen LogP contribution is 2.19. The van der Waals surface area contributed by atoms with Gasteiger partial charge >= 0.3 is 0 Å². The Labute approximate surface area is 114 Å². The van der Waals surface area contributed by atoms with Gasteiger partial charge in [0, 0.05) is 22.9 Å². The van der Waals surface area contributed by atoms with Crippen molar-refractivity contribution in [1.29, 1.82) is 0 Å². The summed E-state index contributed by atoms with van der Waals surface area (Å²) in [5, 5.41) is 1.38. The van der Waals surface area contributed by atoms with Crippen LogP contribution in [-0.2, 0) is 6.42 Å². The Morgan fingerprint density at radius 1 is 1.17 bits per heavy atom. The van der Waals surface area contributed by atoms with E-state index in [0.717, 1.165) is 24.1 Å². The van der Waals surface area contributed by atoms with Crippen LogP contribution in [0, 0.1) is 5.92 Å². The van der Waals surface area contributed by atoms with Gasteiger partial charge in [0.1, 0.15) is 0 Å². The maximum absolute atomic E-state index is 6.40. The highest BCUT2D eigenvalue weighted by molar-refractivity contribution is 6.20. The van der Waals surface area contributed by atoms with Crippen LogP contribution in [0.5, 0.6) is 0 Å². The molecule has 1 aromatic heterocycles. The van der Waals surface area contributed by atoms with Gasteiger partial charge in [0.15, 0.2) is 0 Å². The molecule has 0 N–H and O–H groups in total. The number of hydrogen-bond donors (Lipinski definition) is 0. The van der Waals surface area contributed by atoms with Gasteiger partial charge in [0.05, 0.1) is 5.52 Å². The minimum Gasteiger partial charge on any atom is -0.253 e. The summed E-state index contributed by atoms with van der Waals surface area (Å²) < 4.78 is 0. The summed E-state index contributed by atoms with van der Waals surface area (Å²) in [6, 6.07) is 12.4. The monoisotopic (exact) mass is 261 g/mol. The predicted octanol–water partition coefficient (Wildman–Crippen LogP) is 4.82. The van der Waals surface area contributed by atoms with Crippen LogP contribution in [0.4, 0.5) is 0 Å². The van der Waals surface area contributed by atoms with E-state index in [9.17, 15) is 0 Å². The molecule has 18 heavy (non-hydrogen) atoms. The number of aromatic nitrogens is 1. The van der Waals surface area contributed by atoms with E-state index in [1.54, 1.807) is 0 Å². The Hall–Kier alpha value is -1.08. The van der Waals surface area contributed by atoms with Gasteiger partial charge in [-0.1, -0.05) is 44.5 Å². The largest absolute Gasteiger partial charge is 0.253 e. The van der Waals surface area contributed by atoms with Gasteiger partial charge < -0.3 is 0 Å². The van der Waals surface area contributed by atoms with E-state index in [1.165, 1.54) is 11.8 Å². The molecule has 0 fully saturated rings. The number of halogens is 1. The summed E-state index contributed by atoms with van der Waals surface area (Å²) in [6.45, 7) is 4.46. The standard InChI is InChI=1S/C16H20ClN/c1-3-12(2)10-14(17)11-15-9-8-13-6-4-5-7-16(13)18-15/h4-9,12,14H,3,10-11H2,1-2H3. The molecule has 0 aliphatic carbocycles. The molecule has 1 heterocycles. The Morgan fingerprint density at radius 3 is 2.72 bits per heavy atom. The first kappa shape index (κ1) is 13.4. The molecular weight excluding hydrogens is 242 g/mol. The van der Waals surface area contributed by atoms with Crippen LogP contribution in [0.25, 0.3) is 10.9 Å². The van der Waals surface area contributed by atoms with Crippen molar-refractivity contribution in [2.45, 2.75) is 38.5 Å². The molecule has 0 aliphatic rings. The first-order valence-corrected chi connectivity index (χ1v) is 7.11. The summed E-state index contributed by atoms with van der Waals surface area (Å²) >= 11 is 6.40. The molecule has 96 valence electrons. The van der Waals surface area contributed by atoms with Crippen molar-refractivity contribution in [3.8, 4) is 0 Å². The second kappa shape index (κ2) is 6.19. The molecule has 0 bridgehead atoms. The van der Waals surface area contributed by atoms with Gasteiger partial charge in [-0.15, -0.1) is 11.6 Å². The normalized spacial score (nSPS) is 14.6. The van der Waals surface area contributed by atoms with Gasteiger partial charge in [-0.3, -0.25) is 4.98 Å². The van der Waals surface area contributed by atoms with Crippen molar-refractivity contribution < 1.29 is 0 Å². The molecule has 0 saturated heterocycles. The minimum absolute atomic E-state index is 0.189. The van der Waals surface area contributed by atoms with E-state index in [2.05, 4.69) is 43.1 Å². The van der Waals surface area contributed by atoms with E-state index in [-0.39, 0.29) is 5.38 Å². The molecule has 0 amide bonds. The van der Waals surface area contributed by atoms with E-state index in [1.807, 2.05) is 12.1 Å². The summed E-state index contributed by atoms with van der Waals surface area (Å²) in [5.41, 5.74) is 2.15. The van der Waals surface area contributed by atoms with E-state index in [0.29, 0.717) is 5.92 Å². The molecule has 2 rings (SSSR count). The van der Waals surface area contributed by atoms with Gasteiger partial charge in [0.2, 0.25) is 0 Å². The smallest absolute Gasteiger partial charge is 0.0705 e. The third-order valence-electron chi connectivity index (χ3n) is 3.44. The zero-order valence-electron chi connectivity index (χ0n) is 11.1. The fourth-order valence-electron chi connectivity index (χ4n) is 2.14. The van der Waals surface area contributed by atoms with Gasteiger partial charge in [-0.25, -0.2) is 0 Å². The van der Waals surface area contributed by atoms with Gasteiger partial charge in [-0.05, 0) is 24.5 Å². The van der Waals surface area contributed by atoms with Crippen LogP contribution in [0.15, 0.2) is 36.4 Å². The highest BCUT2D eigenvalue weighted by atomic mass is 35.5. The number of para-hydroxylation sites is 1. The number of hydrogen-bond acceptors (Lipinski definition) is 1. The lowest BCUT2D eigenvalue weighted by Gasteiger charge is -2.13. The summed E-state index contributed by atoms with van der Waals surface area (Å²) in [5.74, 6) is 0.688. The first-order valence-electron chi connectivity index (χ1n) is 6.67. The summed E-state index contributed by atoms with van der Waals surface area (Å²) in [6.07, 6.45) is 3.11. The van der Waals surface area contributed by atoms with Crippen molar-refractivity contribution in [3.63, 3.8) is 0 Å². The molecule has 2 unspecified atom stereocenters. The summed E-state index contributed by atoms with van der Waals surface area (Å²) in [7, 11) is 0. The molecule has 1 aromatic carbocycles. The molecule has 2 aromatic rings. The molecule has 0 radical (unpaired) electrons. The maximum Gasteiger partial charge on any atom is 0.0705 e. The Bertz CT molecular complexity index is 509. The SMILES string of the molecule is CCC(C)CC(Cl)Cc1ccc2ccccc2n1. The lowest BCUT2D eigenvalue weighted by molar-refractivity contribution is 0.499. The number of pyridine rings is 1. The third-order valence-corrected chi connectivity index (χ3v) is 3.77. The zero-order chi connectivity index (χ0) is 13.0. The number of nitrogens with zero attached hydrogens (tertiary/aromatic N) is 1. The van der Waals surface area contributed by atoms with Crippen molar-refractivity contribution in [1.82, 2.24) is 4.98 Å². The quantitative estimate of drug-likeness (QED) is 0.703. The summed E-state index contributed by atoms with van der Waals surface area (Å²) in [4.78, 5) is 4.66. The van der Waals surface area contributed by atoms with Crippen molar-refractivity contribution in [2.24, 2.45) is 5.92 Å². The second-order valence-electron chi connectivity index (χ2n) is 5.05. The van der Waals surface area contributed by atoms with Crippen LogP contribution >= 0.6 is 11.6 Å². The second-order valence-corrected chi connectivity index (χ2v) is 5.66. The Balaban J connectivity index is 2.07. The fraction of sp³-hybridized carbons (Fsp3) is 0.438. The van der Waals surface area contributed by atoms with E-state index in [4.69, 9.17) is 11.6 Å². The van der Waals surface area contributed by atoms with Crippen LogP contribution in [0.2, 0.25) is 0 Å². The van der Waals surface area contributed by atoms with Crippen LogP contribution in [0.3, 0.4) is 0 Å². The molecule has 0 saturated carbocycles. The average molecular weight is 262 g/mol. The molecular formula is C16H20ClN. The number of alkyl halides is 1. The number of fused-ring (bicyclic) bond motifs is 1. The zero-order valence-corrected chi connectivity index (χ0v) is 11.8. The van der Waals surface area contributed by atoms with Crippen LogP contribution in [-0.4, -0.2) is 10.4 Å². The van der Waals surface area contributed by atoms with Gasteiger partial charge in [-0.2, -0.15) is 0 Å².